The highest BCUT2D eigenvalue weighted by Crippen LogP contribution is 2.30. The Labute approximate surface area is 133 Å². The van der Waals surface area contributed by atoms with Crippen LogP contribution in [0.3, 0.4) is 0 Å². The van der Waals surface area contributed by atoms with Crippen LogP contribution in [-0.2, 0) is 32.7 Å². The first-order chi connectivity index (χ1) is 10.8. The van der Waals surface area contributed by atoms with Crippen LogP contribution >= 0.6 is 0 Å². The number of hydrogen-bond acceptors (Lipinski definition) is 2. The Morgan fingerprint density at radius 1 is 1.35 bits per heavy atom. The van der Waals surface area contributed by atoms with E-state index in [0.29, 0.717) is 24.7 Å². The molecule has 0 aliphatic carbocycles. The molecular formula is C16H21F3N4. The van der Waals surface area contributed by atoms with E-state index in [1.54, 1.807) is 4.57 Å². The Balaban J connectivity index is 1.59. The summed E-state index contributed by atoms with van der Waals surface area (Å²) in [4.78, 5) is 5.96. The van der Waals surface area contributed by atoms with Gasteiger partial charge in [-0.15, -0.1) is 0 Å². The molecule has 23 heavy (non-hydrogen) atoms. The fourth-order valence-electron chi connectivity index (χ4n) is 3.27. The number of rotatable bonds is 4. The molecule has 0 radical (unpaired) electrons. The van der Waals surface area contributed by atoms with E-state index in [1.165, 1.54) is 5.56 Å². The molecular weight excluding hydrogens is 305 g/mol. The molecule has 4 nitrogen and oxygen atoms in total. The lowest BCUT2D eigenvalue weighted by Crippen LogP contribution is -2.31. The predicted octanol–water partition coefficient (Wildman–Crippen LogP) is 2.93. The molecule has 1 aliphatic rings. The zero-order valence-electron chi connectivity index (χ0n) is 13.3. The van der Waals surface area contributed by atoms with Gasteiger partial charge in [-0.25, -0.2) is 4.98 Å². The van der Waals surface area contributed by atoms with Crippen LogP contribution in [0.25, 0.3) is 0 Å². The van der Waals surface area contributed by atoms with E-state index in [-0.39, 0.29) is 0 Å². The molecule has 2 aromatic heterocycles. The SMILES string of the molecule is CN(Cc1ccn(C)c1)C[C@@H]1CCc2nc(C(F)(F)F)cn2C1. The number of aryl methyl sites for hydroxylation is 2. The smallest absolute Gasteiger partial charge is 0.357 e. The van der Waals surface area contributed by atoms with E-state index in [4.69, 9.17) is 0 Å². The molecule has 0 unspecified atom stereocenters. The van der Waals surface area contributed by atoms with Crippen molar-refractivity contribution in [1.29, 1.82) is 0 Å². The monoisotopic (exact) mass is 326 g/mol. The maximum atomic E-state index is 12.7. The molecule has 0 aromatic carbocycles. The lowest BCUT2D eigenvalue weighted by atomic mass is 9.99. The molecule has 0 saturated heterocycles. The largest absolute Gasteiger partial charge is 0.434 e. The van der Waals surface area contributed by atoms with Crippen LogP contribution in [0, 0.1) is 5.92 Å². The summed E-state index contributed by atoms with van der Waals surface area (Å²) in [6, 6.07) is 2.08. The molecule has 0 amide bonds. The number of halogens is 3. The molecule has 0 spiro atoms. The first-order valence-electron chi connectivity index (χ1n) is 7.74. The molecule has 3 rings (SSSR count). The van der Waals surface area contributed by atoms with Gasteiger partial charge >= 0.3 is 6.18 Å². The second kappa shape index (κ2) is 6.03. The first-order valence-corrected chi connectivity index (χ1v) is 7.74. The number of imidazole rings is 1. The highest BCUT2D eigenvalue weighted by molar-refractivity contribution is 5.11. The predicted molar refractivity (Wildman–Crippen MR) is 80.8 cm³/mol. The van der Waals surface area contributed by atoms with Crippen LogP contribution in [0.1, 0.15) is 23.5 Å². The van der Waals surface area contributed by atoms with Gasteiger partial charge < -0.3 is 14.0 Å². The Bertz CT molecular complexity index is 671. The summed E-state index contributed by atoms with van der Waals surface area (Å²) >= 11 is 0. The van der Waals surface area contributed by atoms with Crippen LogP contribution < -0.4 is 0 Å². The molecule has 1 atom stereocenters. The third kappa shape index (κ3) is 3.77. The summed E-state index contributed by atoms with van der Waals surface area (Å²) in [7, 11) is 4.04. The maximum Gasteiger partial charge on any atom is 0.434 e. The van der Waals surface area contributed by atoms with Crippen molar-refractivity contribution in [3.63, 3.8) is 0 Å². The molecule has 2 aromatic rings. The molecule has 0 fully saturated rings. The van der Waals surface area contributed by atoms with Crippen molar-refractivity contribution in [2.45, 2.75) is 32.1 Å². The van der Waals surface area contributed by atoms with Crippen molar-refractivity contribution in [3.8, 4) is 0 Å². The average molecular weight is 326 g/mol. The summed E-state index contributed by atoms with van der Waals surface area (Å²) in [6.45, 7) is 2.33. The van der Waals surface area contributed by atoms with E-state index in [0.717, 1.165) is 25.7 Å². The number of fused-ring (bicyclic) bond motifs is 1. The van der Waals surface area contributed by atoms with Crippen LogP contribution in [0.4, 0.5) is 13.2 Å². The van der Waals surface area contributed by atoms with Crippen LogP contribution in [-0.4, -0.2) is 32.6 Å². The van der Waals surface area contributed by atoms with Crippen molar-refractivity contribution in [2.75, 3.05) is 13.6 Å². The maximum absolute atomic E-state index is 12.7. The van der Waals surface area contributed by atoms with Crippen molar-refractivity contribution in [2.24, 2.45) is 13.0 Å². The first kappa shape index (κ1) is 16.1. The normalized spacial score (nSPS) is 18.4. The summed E-state index contributed by atoms with van der Waals surface area (Å²) in [6.07, 6.45) is 2.39. The van der Waals surface area contributed by atoms with Gasteiger partial charge in [-0.2, -0.15) is 13.2 Å². The van der Waals surface area contributed by atoms with Crippen molar-refractivity contribution in [3.05, 3.63) is 41.7 Å². The lowest BCUT2D eigenvalue weighted by molar-refractivity contribution is -0.141. The number of nitrogens with zero attached hydrogens (tertiary/aromatic N) is 4. The summed E-state index contributed by atoms with van der Waals surface area (Å²) in [5.74, 6) is 0.908. The molecule has 0 bridgehead atoms. The highest BCUT2D eigenvalue weighted by atomic mass is 19.4. The van der Waals surface area contributed by atoms with Gasteiger partial charge in [-0.3, -0.25) is 0 Å². The Kier molecular flexibility index (Phi) is 4.23. The van der Waals surface area contributed by atoms with Gasteiger partial charge in [0, 0.05) is 51.7 Å². The van der Waals surface area contributed by atoms with Gasteiger partial charge in [0.2, 0.25) is 0 Å². The number of aromatic nitrogens is 3. The molecule has 0 saturated carbocycles. The van der Waals surface area contributed by atoms with Crippen molar-refractivity contribution >= 4 is 0 Å². The van der Waals surface area contributed by atoms with Crippen LogP contribution in [0.15, 0.2) is 24.7 Å². The minimum Gasteiger partial charge on any atom is -0.357 e. The second-order valence-corrected chi connectivity index (χ2v) is 6.48. The third-order valence-corrected chi connectivity index (χ3v) is 4.30. The van der Waals surface area contributed by atoms with E-state index < -0.39 is 11.9 Å². The fourth-order valence-corrected chi connectivity index (χ4v) is 3.27. The van der Waals surface area contributed by atoms with E-state index in [9.17, 15) is 13.2 Å². The van der Waals surface area contributed by atoms with Gasteiger partial charge in [0.05, 0.1) is 0 Å². The van der Waals surface area contributed by atoms with E-state index in [2.05, 4.69) is 29.2 Å². The van der Waals surface area contributed by atoms with Crippen molar-refractivity contribution in [1.82, 2.24) is 19.0 Å². The minimum absolute atomic E-state index is 0.353. The highest BCUT2D eigenvalue weighted by Gasteiger charge is 2.35. The van der Waals surface area contributed by atoms with E-state index in [1.807, 2.05) is 17.8 Å². The zero-order valence-corrected chi connectivity index (χ0v) is 13.3. The molecule has 0 N–H and O–H groups in total. The number of hydrogen-bond donors (Lipinski definition) is 0. The van der Waals surface area contributed by atoms with Gasteiger partial charge in [-0.05, 0) is 31.0 Å². The lowest BCUT2D eigenvalue weighted by Gasteiger charge is -2.28. The number of alkyl halides is 3. The molecule has 126 valence electrons. The zero-order chi connectivity index (χ0) is 16.6. The summed E-state index contributed by atoms with van der Waals surface area (Å²) in [5.41, 5.74) is 0.472. The third-order valence-electron chi connectivity index (χ3n) is 4.30. The summed E-state index contributed by atoms with van der Waals surface area (Å²) in [5, 5.41) is 0. The molecule has 7 heteroatoms. The molecule has 3 heterocycles. The Hall–Kier alpha value is -1.76. The fraction of sp³-hybridized carbons (Fsp3) is 0.562. The van der Waals surface area contributed by atoms with Gasteiger partial charge in [-0.1, -0.05) is 0 Å². The topological polar surface area (TPSA) is 26.0 Å². The van der Waals surface area contributed by atoms with E-state index >= 15 is 0 Å². The Morgan fingerprint density at radius 2 is 2.13 bits per heavy atom. The standard InChI is InChI=1S/C16H21F3N4/c1-21-6-5-13(7-21)9-22(2)8-12-3-4-15-20-14(16(17,18)19)11-23(15)10-12/h5-7,11-12H,3-4,8-10H2,1-2H3/t12-/m0/s1. The molecule has 1 aliphatic heterocycles. The van der Waals surface area contributed by atoms with Gasteiger partial charge in [0.1, 0.15) is 5.82 Å². The van der Waals surface area contributed by atoms with Crippen molar-refractivity contribution < 1.29 is 13.2 Å². The van der Waals surface area contributed by atoms with Gasteiger partial charge in [0.15, 0.2) is 5.69 Å². The Morgan fingerprint density at radius 3 is 2.78 bits per heavy atom. The van der Waals surface area contributed by atoms with Gasteiger partial charge in [0.25, 0.3) is 0 Å². The quantitative estimate of drug-likeness (QED) is 0.863. The minimum atomic E-state index is -4.36. The van der Waals surface area contributed by atoms with Crippen LogP contribution in [0.2, 0.25) is 0 Å². The average Bonchev–Trinajstić information content (AvgIpc) is 3.04. The second-order valence-electron chi connectivity index (χ2n) is 6.48. The van der Waals surface area contributed by atoms with Crippen LogP contribution in [0.5, 0.6) is 0 Å². The summed E-state index contributed by atoms with van der Waals surface area (Å²) < 4.78 is 41.9.